The maximum absolute atomic E-state index is 13.8. The van der Waals surface area contributed by atoms with E-state index in [0.717, 1.165) is 18.5 Å². The van der Waals surface area contributed by atoms with Gasteiger partial charge in [-0.2, -0.15) is 0 Å². The molecule has 2 aromatic carbocycles. The van der Waals surface area contributed by atoms with Crippen LogP contribution in [0.25, 0.3) is 0 Å². The van der Waals surface area contributed by atoms with Crippen LogP contribution >= 0.6 is 0 Å². The van der Waals surface area contributed by atoms with E-state index < -0.39 is 6.10 Å². The molecule has 0 aliphatic carbocycles. The van der Waals surface area contributed by atoms with E-state index in [1.807, 2.05) is 36.4 Å². The molecule has 1 saturated heterocycles. The van der Waals surface area contributed by atoms with Gasteiger partial charge in [-0.15, -0.1) is 0 Å². The molecule has 4 nitrogen and oxygen atoms in total. The second-order valence-corrected chi connectivity index (χ2v) is 6.75. The van der Waals surface area contributed by atoms with E-state index in [1.54, 1.807) is 17.0 Å². The van der Waals surface area contributed by atoms with Gasteiger partial charge in [0.2, 0.25) is 0 Å². The van der Waals surface area contributed by atoms with Gasteiger partial charge in [-0.1, -0.05) is 48.5 Å². The SMILES string of the molecule is O=C([C@@H](O)Cc1ccccc1)N1CCCN(Cc2ccccc2F)CC1. The molecule has 1 fully saturated rings. The smallest absolute Gasteiger partial charge is 0.251 e. The summed E-state index contributed by atoms with van der Waals surface area (Å²) in [7, 11) is 0. The first kappa shape index (κ1) is 18.5. The third kappa shape index (κ3) is 4.90. The van der Waals surface area contributed by atoms with Gasteiger partial charge in [0.15, 0.2) is 0 Å². The van der Waals surface area contributed by atoms with E-state index in [2.05, 4.69) is 4.90 Å². The fraction of sp³-hybridized carbons (Fsp3) is 0.381. The van der Waals surface area contributed by atoms with Gasteiger partial charge < -0.3 is 10.0 Å². The van der Waals surface area contributed by atoms with Crippen molar-refractivity contribution in [1.29, 1.82) is 0 Å². The summed E-state index contributed by atoms with van der Waals surface area (Å²) >= 11 is 0. The van der Waals surface area contributed by atoms with Crippen molar-refractivity contribution >= 4 is 5.91 Å². The lowest BCUT2D eigenvalue weighted by molar-refractivity contribution is -0.140. The van der Waals surface area contributed by atoms with Crippen LogP contribution in [-0.2, 0) is 17.8 Å². The third-order valence-electron chi connectivity index (χ3n) is 4.81. The van der Waals surface area contributed by atoms with E-state index in [4.69, 9.17) is 0 Å². The minimum Gasteiger partial charge on any atom is -0.383 e. The molecule has 1 heterocycles. The van der Waals surface area contributed by atoms with E-state index >= 15 is 0 Å². The van der Waals surface area contributed by atoms with E-state index in [0.29, 0.717) is 38.2 Å². The second kappa shape index (κ2) is 8.92. The topological polar surface area (TPSA) is 43.8 Å². The molecule has 5 heteroatoms. The number of carbonyl (C=O) groups excluding carboxylic acids is 1. The van der Waals surface area contributed by atoms with Crippen LogP contribution in [0.15, 0.2) is 54.6 Å². The summed E-state index contributed by atoms with van der Waals surface area (Å²) in [6.07, 6.45) is 0.128. The first-order valence-electron chi connectivity index (χ1n) is 9.10. The van der Waals surface area contributed by atoms with Gasteiger partial charge in [-0.3, -0.25) is 9.69 Å². The summed E-state index contributed by atoms with van der Waals surface area (Å²) in [6, 6.07) is 16.3. The standard InChI is InChI=1S/C21H25FN2O2/c22-19-10-5-4-9-18(19)16-23-11-6-12-24(14-13-23)21(26)20(25)15-17-7-2-1-3-8-17/h1-5,7-10,20,25H,6,11-16H2/t20-/m0/s1. The van der Waals surface area contributed by atoms with Crippen molar-refractivity contribution in [3.05, 3.63) is 71.5 Å². The van der Waals surface area contributed by atoms with Crippen molar-refractivity contribution < 1.29 is 14.3 Å². The Morgan fingerprint density at radius 1 is 1.00 bits per heavy atom. The summed E-state index contributed by atoms with van der Waals surface area (Å²) in [5.74, 6) is -0.412. The molecule has 3 rings (SSSR count). The number of halogens is 1. The lowest BCUT2D eigenvalue weighted by atomic mass is 10.1. The highest BCUT2D eigenvalue weighted by atomic mass is 19.1. The van der Waals surface area contributed by atoms with Crippen LogP contribution in [0.1, 0.15) is 17.5 Å². The van der Waals surface area contributed by atoms with E-state index in [-0.39, 0.29) is 11.7 Å². The zero-order valence-electron chi connectivity index (χ0n) is 14.9. The maximum Gasteiger partial charge on any atom is 0.251 e. The van der Waals surface area contributed by atoms with Gasteiger partial charge in [-0.05, 0) is 18.1 Å². The monoisotopic (exact) mass is 356 g/mol. The predicted molar refractivity (Wildman–Crippen MR) is 99.0 cm³/mol. The lowest BCUT2D eigenvalue weighted by Gasteiger charge is -2.24. The Labute approximate surface area is 153 Å². The largest absolute Gasteiger partial charge is 0.383 e. The van der Waals surface area contributed by atoms with E-state index in [9.17, 15) is 14.3 Å². The molecule has 1 aliphatic heterocycles. The van der Waals surface area contributed by atoms with Crippen molar-refractivity contribution in [2.24, 2.45) is 0 Å². The molecule has 0 spiro atoms. The molecule has 0 aromatic heterocycles. The zero-order chi connectivity index (χ0) is 18.4. The summed E-state index contributed by atoms with van der Waals surface area (Å²) in [5.41, 5.74) is 1.63. The van der Waals surface area contributed by atoms with Crippen LogP contribution in [0.4, 0.5) is 4.39 Å². The first-order valence-corrected chi connectivity index (χ1v) is 9.10. The van der Waals surface area contributed by atoms with Crippen molar-refractivity contribution in [3.63, 3.8) is 0 Å². The molecule has 138 valence electrons. The molecule has 0 bridgehead atoms. The molecule has 0 unspecified atom stereocenters. The van der Waals surface area contributed by atoms with E-state index in [1.165, 1.54) is 6.07 Å². The predicted octanol–water partition coefficient (Wildman–Crippen LogP) is 2.46. The highest BCUT2D eigenvalue weighted by Crippen LogP contribution is 2.13. The number of hydrogen-bond donors (Lipinski definition) is 1. The Morgan fingerprint density at radius 3 is 2.50 bits per heavy atom. The van der Waals surface area contributed by atoms with Crippen molar-refractivity contribution in [3.8, 4) is 0 Å². The zero-order valence-corrected chi connectivity index (χ0v) is 14.9. The average Bonchev–Trinajstić information content (AvgIpc) is 2.89. The van der Waals surface area contributed by atoms with Crippen LogP contribution in [0.3, 0.4) is 0 Å². The molecule has 2 aromatic rings. The fourth-order valence-corrected chi connectivity index (χ4v) is 3.35. The number of rotatable bonds is 5. The lowest BCUT2D eigenvalue weighted by Crippen LogP contribution is -2.42. The number of carbonyl (C=O) groups is 1. The molecular weight excluding hydrogens is 331 g/mol. The summed E-state index contributed by atoms with van der Waals surface area (Å²) < 4.78 is 13.8. The quantitative estimate of drug-likeness (QED) is 0.895. The van der Waals surface area contributed by atoms with Gasteiger partial charge in [0.25, 0.3) is 5.91 Å². The van der Waals surface area contributed by atoms with Gasteiger partial charge in [0.05, 0.1) is 0 Å². The second-order valence-electron chi connectivity index (χ2n) is 6.75. The normalized spacial score (nSPS) is 16.9. The average molecular weight is 356 g/mol. The van der Waals surface area contributed by atoms with Gasteiger partial charge in [0.1, 0.15) is 11.9 Å². The maximum atomic E-state index is 13.8. The summed E-state index contributed by atoms with van der Waals surface area (Å²) in [5, 5.41) is 10.3. The number of hydrogen-bond acceptors (Lipinski definition) is 3. The Morgan fingerprint density at radius 2 is 1.73 bits per heavy atom. The molecule has 1 N–H and O–H groups in total. The van der Waals surface area contributed by atoms with Crippen LogP contribution in [0.5, 0.6) is 0 Å². The van der Waals surface area contributed by atoms with Crippen molar-refractivity contribution in [1.82, 2.24) is 9.80 Å². The third-order valence-corrected chi connectivity index (χ3v) is 4.81. The first-order chi connectivity index (χ1) is 12.6. The Kier molecular flexibility index (Phi) is 6.36. The van der Waals surface area contributed by atoms with Crippen molar-refractivity contribution in [2.75, 3.05) is 26.2 Å². The molecule has 0 saturated carbocycles. The van der Waals surface area contributed by atoms with Crippen LogP contribution in [-0.4, -0.2) is 53.1 Å². The molecule has 1 atom stereocenters. The molecule has 1 amide bonds. The van der Waals surface area contributed by atoms with Crippen LogP contribution in [0.2, 0.25) is 0 Å². The number of aliphatic hydroxyl groups excluding tert-OH is 1. The van der Waals surface area contributed by atoms with Gasteiger partial charge >= 0.3 is 0 Å². The minimum atomic E-state index is -1.02. The van der Waals surface area contributed by atoms with Crippen molar-refractivity contribution in [2.45, 2.75) is 25.5 Å². The Hall–Kier alpha value is -2.24. The number of benzene rings is 2. The number of amides is 1. The highest BCUT2D eigenvalue weighted by molar-refractivity contribution is 5.81. The molecule has 0 radical (unpaired) electrons. The molecule has 26 heavy (non-hydrogen) atoms. The van der Waals surface area contributed by atoms with Crippen LogP contribution < -0.4 is 0 Å². The number of aliphatic hydroxyl groups is 1. The van der Waals surface area contributed by atoms with Gasteiger partial charge in [0, 0.05) is 44.7 Å². The Bertz CT molecular complexity index is 723. The molecular formula is C21H25FN2O2. The molecule has 1 aliphatic rings. The summed E-state index contributed by atoms with van der Waals surface area (Å²) in [4.78, 5) is 16.5. The fourth-order valence-electron chi connectivity index (χ4n) is 3.35. The summed E-state index contributed by atoms with van der Waals surface area (Å²) in [6.45, 7) is 3.21. The number of nitrogens with zero attached hydrogens (tertiary/aromatic N) is 2. The Balaban J connectivity index is 1.54. The highest BCUT2D eigenvalue weighted by Gasteiger charge is 2.25. The van der Waals surface area contributed by atoms with Gasteiger partial charge in [-0.25, -0.2) is 4.39 Å². The van der Waals surface area contributed by atoms with Crippen LogP contribution in [0, 0.1) is 5.82 Å². The minimum absolute atomic E-state index is 0.192.